The fourth-order valence-corrected chi connectivity index (χ4v) is 1.64. The van der Waals surface area contributed by atoms with Crippen LogP contribution >= 0.6 is 0 Å². The Kier molecular flexibility index (Phi) is 6.15. The van der Waals surface area contributed by atoms with Crippen LogP contribution in [0.15, 0.2) is 18.2 Å². The van der Waals surface area contributed by atoms with Crippen molar-refractivity contribution in [3.05, 3.63) is 23.8 Å². The van der Waals surface area contributed by atoms with Crippen molar-refractivity contribution in [2.45, 2.75) is 32.6 Å². The van der Waals surface area contributed by atoms with Gasteiger partial charge < -0.3 is 9.47 Å². The molecule has 0 aromatic heterocycles. The number of carbonyl (C=O) groups is 1. The SMILES string of the molecule is CCCCCCOc1c(C=O)cccc1OC. The highest BCUT2D eigenvalue weighted by molar-refractivity contribution is 5.81. The molecule has 1 rings (SSSR count). The normalized spacial score (nSPS) is 10.0. The van der Waals surface area contributed by atoms with Crippen LogP contribution in [0.2, 0.25) is 0 Å². The van der Waals surface area contributed by atoms with Crippen LogP contribution in [-0.4, -0.2) is 20.0 Å². The zero-order chi connectivity index (χ0) is 12.5. The molecule has 17 heavy (non-hydrogen) atoms. The summed E-state index contributed by atoms with van der Waals surface area (Å²) in [5.41, 5.74) is 0.542. The molecule has 3 nitrogen and oxygen atoms in total. The predicted octanol–water partition coefficient (Wildman–Crippen LogP) is 3.47. The molecule has 0 aliphatic rings. The van der Waals surface area contributed by atoms with Gasteiger partial charge in [0.2, 0.25) is 0 Å². The Balaban J connectivity index is 2.58. The molecule has 0 atom stereocenters. The van der Waals surface area contributed by atoms with Gasteiger partial charge in [0.05, 0.1) is 19.3 Å². The van der Waals surface area contributed by atoms with Crippen LogP contribution in [0, 0.1) is 0 Å². The summed E-state index contributed by atoms with van der Waals surface area (Å²) < 4.78 is 10.8. The lowest BCUT2D eigenvalue weighted by atomic mass is 10.2. The van der Waals surface area contributed by atoms with Crippen molar-refractivity contribution in [2.75, 3.05) is 13.7 Å². The van der Waals surface area contributed by atoms with Crippen LogP contribution < -0.4 is 9.47 Å². The number of carbonyl (C=O) groups excluding carboxylic acids is 1. The number of para-hydroxylation sites is 1. The summed E-state index contributed by atoms with van der Waals surface area (Å²) in [6.07, 6.45) is 5.38. The number of benzene rings is 1. The molecule has 0 fully saturated rings. The van der Waals surface area contributed by atoms with Gasteiger partial charge in [-0.15, -0.1) is 0 Å². The average Bonchev–Trinajstić information content (AvgIpc) is 2.38. The Bertz CT molecular complexity index is 347. The molecular formula is C14H20O3. The lowest BCUT2D eigenvalue weighted by Crippen LogP contribution is -2.02. The third kappa shape index (κ3) is 4.10. The van der Waals surface area contributed by atoms with Gasteiger partial charge in [0, 0.05) is 0 Å². The van der Waals surface area contributed by atoms with Gasteiger partial charge in [-0.1, -0.05) is 32.3 Å². The minimum Gasteiger partial charge on any atom is -0.493 e. The van der Waals surface area contributed by atoms with Crippen LogP contribution in [0.25, 0.3) is 0 Å². The van der Waals surface area contributed by atoms with Crippen LogP contribution in [-0.2, 0) is 0 Å². The second kappa shape index (κ2) is 7.71. The number of aldehydes is 1. The molecule has 0 N–H and O–H groups in total. The molecule has 0 aliphatic carbocycles. The minimum atomic E-state index is 0.542. The van der Waals surface area contributed by atoms with Crippen LogP contribution in [0.4, 0.5) is 0 Å². The lowest BCUT2D eigenvalue weighted by Gasteiger charge is -2.12. The maximum Gasteiger partial charge on any atom is 0.171 e. The van der Waals surface area contributed by atoms with Gasteiger partial charge in [-0.05, 0) is 18.6 Å². The second-order valence-corrected chi connectivity index (χ2v) is 3.91. The van der Waals surface area contributed by atoms with E-state index >= 15 is 0 Å². The summed E-state index contributed by atoms with van der Waals surface area (Å²) in [6.45, 7) is 2.80. The van der Waals surface area contributed by atoms with Crippen molar-refractivity contribution in [3.8, 4) is 11.5 Å². The van der Waals surface area contributed by atoms with Gasteiger partial charge >= 0.3 is 0 Å². The Hall–Kier alpha value is -1.51. The Morgan fingerprint density at radius 3 is 2.71 bits per heavy atom. The van der Waals surface area contributed by atoms with E-state index in [-0.39, 0.29) is 0 Å². The molecule has 1 aromatic rings. The van der Waals surface area contributed by atoms with Crippen molar-refractivity contribution in [1.82, 2.24) is 0 Å². The molecule has 94 valence electrons. The topological polar surface area (TPSA) is 35.5 Å². The molecule has 0 aliphatic heterocycles. The largest absolute Gasteiger partial charge is 0.493 e. The lowest BCUT2D eigenvalue weighted by molar-refractivity contribution is 0.111. The summed E-state index contributed by atoms with van der Waals surface area (Å²) in [6, 6.07) is 5.32. The van der Waals surface area contributed by atoms with Crippen LogP contribution in [0.5, 0.6) is 11.5 Å². The van der Waals surface area contributed by atoms with E-state index < -0.39 is 0 Å². The first-order valence-corrected chi connectivity index (χ1v) is 6.08. The highest BCUT2D eigenvalue weighted by Gasteiger charge is 2.09. The standard InChI is InChI=1S/C14H20O3/c1-3-4-5-6-10-17-14-12(11-15)8-7-9-13(14)16-2/h7-9,11H,3-6,10H2,1-2H3. The van der Waals surface area contributed by atoms with E-state index in [0.717, 1.165) is 19.1 Å². The predicted molar refractivity (Wildman–Crippen MR) is 68.0 cm³/mol. The second-order valence-electron chi connectivity index (χ2n) is 3.91. The van der Waals surface area contributed by atoms with Gasteiger partial charge in [0.25, 0.3) is 0 Å². The van der Waals surface area contributed by atoms with E-state index in [1.54, 1.807) is 25.3 Å². The number of hydrogen-bond donors (Lipinski definition) is 0. The molecule has 0 bridgehead atoms. The smallest absolute Gasteiger partial charge is 0.171 e. The molecular weight excluding hydrogens is 216 g/mol. The minimum absolute atomic E-state index is 0.542. The highest BCUT2D eigenvalue weighted by Crippen LogP contribution is 2.30. The van der Waals surface area contributed by atoms with Crippen molar-refractivity contribution < 1.29 is 14.3 Å². The van der Waals surface area contributed by atoms with E-state index in [9.17, 15) is 4.79 Å². The summed E-state index contributed by atoms with van der Waals surface area (Å²) >= 11 is 0. The molecule has 0 radical (unpaired) electrons. The summed E-state index contributed by atoms with van der Waals surface area (Å²) in [5.74, 6) is 1.17. The molecule has 0 unspecified atom stereocenters. The van der Waals surface area contributed by atoms with E-state index in [0.29, 0.717) is 23.7 Å². The van der Waals surface area contributed by atoms with Gasteiger partial charge in [0.1, 0.15) is 0 Å². The Morgan fingerprint density at radius 2 is 2.06 bits per heavy atom. The number of methoxy groups -OCH3 is 1. The molecule has 0 heterocycles. The van der Waals surface area contributed by atoms with Crippen molar-refractivity contribution in [3.63, 3.8) is 0 Å². The summed E-state index contributed by atoms with van der Waals surface area (Å²) in [7, 11) is 1.58. The number of unbranched alkanes of at least 4 members (excludes halogenated alkanes) is 3. The maximum atomic E-state index is 10.9. The van der Waals surface area contributed by atoms with Gasteiger partial charge in [0.15, 0.2) is 17.8 Å². The highest BCUT2D eigenvalue weighted by atomic mass is 16.5. The van der Waals surface area contributed by atoms with Crippen molar-refractivity contribution in [1.29, 1.82) is 0 Å². The molecule has 0 spiro atoms. The zero-order valence-electron chi connectivity index (χ0n) is 10.6. The van der Waals surface area contributed by atoms with E-state index in [4.69, 9.17) is 9.47 Å². The average molecular weight is 236 g/mol. The molecule has 1 aromatic carbocycles. The van der Waals surface area contributed by atoms with E-state index in [1.165, 1.54) is 12.8 Å². The van der Waals surface area contributed by atoms with Crippen molar-refractivity contribution >= 4 is 6.29 Å². The van der Waals surface area contributed by atoms with Crippen molar-refractivity contribution in [2.24, 2.45) is 0 Å². The molecule has 3 heteroatoms. The zero-order valence-corrected chi connectivity index (χ0v) is 10.6. The quantitative estimate of drug-likeness (QED) is 0.512. The van der Waals surface area contributed by atoms with E-state index in [1.807, 2.05) is 0 Å². The Labute approximate surface area is 103 Å². The van der Waals surface area contributed by atoms with Gasteiger partial charge in [-0.2, -0.15) is 0 Å². The first kappa shape index (κ1) is 13.6. The first-order valence-electron chi connectivity index (χ1n) is 6.08. The maximum absolute atomic E-state index is 10.9. The Morgan fingerprint density at radius 1 is 1.24 bits per heavy atom. The third-order valence-electron chi connectivity index (χ3n) is 2.60. The molecule has 0 saturated carbocycles. The third-order valence-corrected chi connectivity index (χ3v) is 2.60. The fraction of sp³-hybridized carbons (Fsp3) is 0.500. The van der Waals surface area contributed by atoms with Gasteiger partial charge in [-0.3, -0.25) is 4.79 Å². The van der Waals surface area contributed by atoms with E-state index in [2.05, 4.69) is 6.92 Å². The van der Waals surface area contributed by atoms with Crippen LogP contribution in [0.1, 0.15) is 43.0 Å². The number of ether oxygens (including phenoxy) is 2. The van der Waals surface area contributed by atoms with Crippen LogP contribution in [0.3, 0.4) is 0 Å². The summed E-state index contributed by atoms with van der Waals surface area (Å²) in [4.78, 5) is 10.9. The monoisotopic (exact) mass is 236 g/mol. The fourth-order valence-electron chi connectivity index (χ4n) is 1.64. The van der Waals surface area contributed by atoms with Gasteiger partial charge in [-0.25, -0.2) is 0 Å². The number of hydrogen-bond acceptors (Lipinski definition) is 3. The molecule has 0 saturated heterocycles. The first-order chi connectivity index (χ1) is 8.33. The molecule has 0 amide bonds. The number of rotatable bonds is 8. The summed E-state index contributed by atoms with van der Waals surface area (Å²) in [5, 5.41) is 0.